The molecule has 1 N–H and O–H groups in total. The number of esters is 2. The largest absolute Gasteiger partial charge is 0.421 e. The van der Waals surface area contributed by atoms with E-state index in [0.29, 0.717) is 13.1 Å². The molecular formula is C16H18N2O4. The molecule has 1 unspecified atom stereocenters. The van der Waals surface area contributed by atoms with Crippen molar-refractivity contribution >= 4 is 11.9 Å². The van der Waals surface area contributed by atoms with E-state index >= 15 is 0 Å². The molecule has 0 saturated carbocycles. The quantitative estimate of drug-likeness (QED) is 0.609. The Labute approximate surface area is 128 Å². The van der Waals surface area contributed by atoms with E-state index in [1.165, 1.54) is 11.1 Å². The maximum atomic E-state index is 11.6. The number of nitrogens with one attached hydrogen (secondary N) is 1. The van der Waals surface area contributed by atoms with Crippen LogP contribution < -0.4 is 5.32 Å². The van der Waals surface area contributed by atoms with Crippen molar-refractivity contribution in [3.05, 3.63) is 35.4 Å². The first-order valence-corrected chi connectivity index (χ1v) is 7.71. The first-order chi connectivity index (χ1) is 10.7. The number of piperazine rings is 1. The molecule has 0 radical (unpaired) electrons. The van der Waals surface area contributed by atoms with E-state index in [1.807, 2.05) is 17.0 Å². The van der Waals surface area contributed by atoms with Crippen LogP contribution in [0.4, 0.5) is 0 Å². The summed E-state index contributed by atoms with van der Waals surface area (Å²) in [5.41, 5.74) is 2.57. The van der Waals surface area contributed by atoms with Crippen LogP contribution in [0.25, 0.3) is 0 Å². The van der Waals surface area contributed by atoms with E-state index in [2.05, 4.69) is 17.4 Å². The Balaban J connectivity index is 1.72. The van der Waals surface area contributed by atoms with Gasteiger partial charge in [0.1, 0.15) is 0 Å². The lowest BCUT2D eigenvalue weighted by molar-refractivity contribution is -0.267. The summed E-state index contributed by atoms with van der Waals surface area (Å²) in [5.74, 6) is -3.10. The van der Waals surface area contributed by atoms with Crippen LogP contribution in [-0.2, 0) is 25.5 Å². The van der Waals surface area contributed by atoms with E-state index in [1.54, 1.807) is 0 Å². The summed E-state index contributed by atoms with van der Waals surface area (Å²) < 4.78 is 10.7. The van der Waals surface area contributed by atoms with Crippen LogP contribution in [0.3, 0.4) is 0 Å². The van der Waals surface area contributed by atoms with Crippen LogP contribution in [-0.4, -0.2) is 42.4 Å². The second-order valence-corrected chi connectivity index (χ2v) is 5.97. The zero-order valence-electron chi connectivity index (χ0n) is 12.2. The third-order valence-electron chi connectivity index (χ3n) is 4.70. The Hall–Kier alpha value is -1.92. The Morgan fingerprint density at radius 2 is 1.95 bits per heavy atom. The van der Waals surface area contributed by atoms with Gasteiger partial charge >= 0.3 is 17.8 Å². The number of ether oxygens (including phenoxy) is 2. The van der Waals surface area contributed by atoms with Crippen LogP contribution in [0.1, 0.15) is 30.0 Å². The Morgan fingerprint density at radius 3 is 2.77 bits per heavy atom. The third-order valence-corrected chi connectivity index (χ3v) is 4.70. The van der Waals surface area contributed by atoms with Crippen molar-refractivity contribution in [1.29, 1.82) is 0 Å². The average molecular weight is 302 g/mol. The van der Waals surface area contributed by atoms with Gasteiger partial charge in [0, 0.05) is 19.1 Å². The number of hydrogen-bond acceptors (Lipinski definition) is 6. The summed E-state index contributed by atoms with van der Waals surface area (Å²) in [6.07, 6.45) is 3.10. The summed E-state index contributed by atoms with van der Waals surface area (Å²) in [6, 6.07) is 8.44. The minimum atomic E-state index is -1.29. The van der Waals surface area contributed by atoms with Crippen molar-refractivity contribution in [3.8, 4) is 0 Å². The molecule has 3 aliphatic rings. The third kappa shape index (κ3) is 2.02. The molecule has 6 heteroatoms. The average Bonchev–Trinajstić information content (AvgIpc) is 2.82. The van der Waals surface area contributed by atoms with Gasteiger partial charge in [0.2, 0.25) is 0 Å². The predicted molar refractivity (Wildman–Crippen MR) is 76.6 cm³/mol. The first kappa shape index (κ1) is 13.7. The fourth-order valence-electron chi connectivity index (χ4n) is 3.75. The molecule has 1 atom stereocenters. The van der Waals surface area contributed by atoms with Crippen LogP contribution in [0.5, 0.6) is 0 Å². The molecule has 116 valence electrons. The molecule has 0 amide bonds. The van der Waals surface area contributed by atoms with Crippen LogP contribution in [0.2, 0.25) is 0 Å². The topological polar surface area (TPSA) is 67.9 Å². The van der Waals surface area contributed by atoms with Crippen LogP contribution >= 0.6 is 0 Å². The highest BCUT2D eigenvalue weighted by atomic mass is 16.8. The van der Waals surface area contributed by atoms with Gasteiger partial charge in [-0.3, -0.25) is 0 Å². The highest BCUT2D eigenvalue weighted by molar-refractivity contribution is 6.31. The van der Waals surface area contributed by atoms with Crippen molar-refractivity contribution in [1.82, 2.24) is 10.2 Å². The standard InChI is InChI=1S/C16H18N2O4/c19-14-15(20)22-16(21-14)10-17-8-9-18(16)13-7-3-5-11-4-1-2-6-12(11)13/h1-2,4,6,13,17H,3,5,7-10H2. The number of nitrogens with zero attached hydrogens (tertiary/aromatic N) is 1. The molecule has 6 nitrogen and oxygen atoms in total. The van der Waals surface area contributed by atoms with Gasteiger partial charge in [-0.25, -0.2) is 14.5 Å². The maximum Gasteiger partial charge on any atom is 0.421 e. The van der Waals surface area contributed by atoms with E-state index in [0.717, 1.165) is 25.8 Å². The van der Waals surface area contributed by atoms with Crippen molar-refractivity contribution < 1.29 is 19.1 Å². The SMILES string of the molecule is O=C1OC2(CNCCN2C2CCCc3ccccc32)OC1=O. The molecule has 1 aromatic rings. The van der Waals surface area contributed by atoms with Crippen molar-refractivity contribution in [2.45, 2.75) is 31.2 Å². The van der Waals surface area contributed by atoms with Crippen molar-refractivity contribution in [3.63, 3.8) is 0 Å². The van der Waals surface area contributed by atoms with Gasteiger partial charge in [-0.1, -0.05) is 24.3 Å². The van der Waals surface area contributed by atoms with E-state index in [4.69, 9.17) is 9.47 Å². The second-order valence-electron chi connectivity index (χ2n) is 5.97. The molecule has 1 spiro atoms. The monoisotopic (exact) mass is 302 g/mol. The number of aryl methyl sites for hydroxylation is 1. The van der Waals surface area contributed by atoms with Crippen LogP contribution in [0.15, 0.2) is 24.3 Å². The highest BCUT2D eigenvalue weighted by Crippen LogP contribution is 2.40. The Bertz CT molecular complexity index is 614. The summed E-state index contributed by atoms with van der Waals surface area (Å²) >= 11 is 0. The number of carbonyl (C=O) groups is 2. The van der Waals surface area contributed by atoms with Gasteiger partial charge in [-0.2, -0.15) is 0 Å². The molecule has 1 aliphatic carbocycles. The van der Waals surface area contributed by atoms with E-state index in [9.17, 15) is 9.59 Å². The van der Waals surface area contributed by atoms with Gasteiger partial charge in [0.05, 0.1) is 6.54 Å². The minimum absolute atomic E-state index is 0.103. The summed E-state index contributed by atoms with van der Waals surface area (Å²) in [6.45, 7) is 1.75. The zero-order valence-corrected chi connectivity index (χ0v) is 12.2. The number of benzene rings is 1. The summed E-state index contributed by atoms with van der Waals surface area (Å²) in [7, 11) is 0. The smallest absolute Gasteiger partial charge is 0.398 e. The maximum absolute atomic E-state index is 11.6. The zero-order chi connectivity index (χ0) is 15.2. The summed E-state index contributed by atoms with van der Waals surface area (Å²) in [5, 5.41) is 3.16. The second kappa shape index (κ2) is 5.07. The Kier molecular flexibility index (Phi) is 3.16. The van der Waals surface area contributed by atoms with Crippen LogP contribution in [0, 0.1) is 0 Å². The van der Waals surface area contributed by atoms with Gasteiger partial charge in [-0.05, 0) is 30.4 Å². The number of hydrogen-bond donors (Lipinski definition) is 1. The molecule has 0 bridgehead atoms. The molecule has 2 fully saturated rings. The van der Waals surface area contributed by atoms with Gasteiger partial charge < -0.3 is 14.8 Å². The normalized spacial score (nSPS) is 27.4. The van der Waals surface area contributed by atoms with E-state index < -0.39 is 17.8 Å². The van der Waals surface area contributed by atoms with Gasteiger partial charge in [0.15, 0.2) is 0 Å². The number of fused-ring (bicyclic) bond motifs is 1. The molecule has 0 aromatic heterocycles. The minimum Gasteiger partial charge on any atom is -0.398 e. The van der Waals surface area contributed by atoms with Gasteiger partial charge in [-0.15, -0.1) is 0 Å². The van der Waals surface area contributed by atoms with Crippen molar-refractivity contribution in [2.24, 2.45) is 0 Å². The molecular weight excluding hydrogens is 284 g/mol. The van der Waals surface area contributed by atoms with Gasteiger partial charge in [0.25, 0.3) is 0 Å². The lowest BCUT2D eigenvalue weighted by Gasteiger charge is -2.46. The fourth-order valence-corrected chi connectivity index (χ4v) is 3.75. The predicted octanol–water partition coefficient (Wildman–Crippen LogP) is 0.723. The molecule has 2 heterocycles. The first-order valence-electron chi connectivity index (χ1n) is 7.71. The number of rotatable bonds is 1. The Morgan fingerprint density at radius 1 is 1.18 bits per heavy atom. The molecule has 2 saturated heterocycles. The lowest BCUT2D eigenvalue weighted by atomic mass is 9.86. The molecule has 1 aromatic carbocycles. The fraction of sp³-hybridized carbons (Fsp3) is 0.500. The van der Waals surface area contributed by atoms with E-state index in [-0.39, 0.29) is 6.04 Å². The molecule has 2 aliphatic heterocycles. The molecule has 22 heavy (non-hydrogen) atoms. The lowest BCUT2D eigenvalue weighted by Crippen LogP contribution is -2.63. The highest BCUT2D eigenvalue weighted by Gasteiger charge is 2.56. The number of carbonyl (C=O) groups excluding carboxylic acids is 2. The molecule has 4 rings (SSSR count). The van der Waals surface area contributed by atoms with Crippen molar-refractivity contribution in [2.75, 3.05) is 19.6 Å². The summed E-state index contributed by atoms with van der Waals surface area (Å²) in [4.78, 5) is 25.2.